The van der Waals surface area contributed by atoms with Gasteiger partial charge in [0.15, 0.2) is 11.6 Å². The van der Waals surface area contributed by atoms with Crippen molar-refractivity contribution in [2.45, 2.75) is 19.8 Å². The van der Waals surface area contributed by atoms with Crippen LogP contribution in [0.2, 0.25) is 0 Å². The molecule has 2 aromatic carbocycles. The van der Waals surface area contributed by atoms with Gasteiger partial charge in [0.2, 0.25) is 5.91 Å². The molecule has 2 aromatic rings. The summed E-state index contributed by atoms with van der Waals surface area (Å²) in [5.41, 5.74) is 0.306. The number of halogens is 2. The average Bonchev–Trinajstić information content (AvgIpc) is 3.20. The molecule has 0 atom stereocenters. The highest BCUT2D eigenvalue weighted by atomic mass is 19.1. The normalized spacial score (nSPS) is 13.3. The van der Waals surface area contributed by atoms with Gasteiger partial charge in [-0.05, 0) is 56.2 Å². The molecule has 1 saturated heterocycles. The third-order valence-corrected chi connectivity index (χ3v) is 4.56. The topological polar surface area (TPSA) is 70.7 Å². The molecule has 1 fully saturated rings. The van der Waals surface area contributed by atoms with Crippen LogP contribution in [0.15, 0.2) is 36.4 Å². The fourth-order valence-corrected chi connectivity index (χ4v) is 3.22. The summed E-state index contributed by atoms with van der Waals surface area (Å²) < 4.78 is 34.0. The van der Waals surface area contributed by atoms with Crippen molar-refractivity contribution in [3.05, 3.63) is 53.6 Å². The van der Waals surface area contributed by atoms with E-state index in [1.807, 2.05) is 6.92 Å². The SMILES string of the molecule is CCOc1ccc(C(=O)NCC(=O)Nc2cc(F)c(N3CCCC3)c(F)c2)cc1. The van der Waals surface area contributed by atoms with Crippen molar-refractivity contribution in [2.75, 3.05) is 36.5 Å². The van der Waals surface area contributed by atoms with Crippen molar-refractivity contribution in [1.82, 2.24) is 5.32 Å². The molecular formula is C21H23F2N3O3. The Morgan fingerprint density at radius 2 is 1.69 bits per heavy atom. The smallest absolute Gasteiger partial charge is 0.251 e. The van der Waals surface area contributed by atoms with Crippen LogP contribution in [0.3, 0.4) is 0 Å². The minimum atomic E-state index is -0.722. The molecule has 0 bridgehead atoms. The molecule has 1 aliphatic rings. The summed E-state index contributed by atoms with van der Waals surface area (Å²) in [6, 6.07) is 8.66. The fourth-order valence-electron chi connectivity index (χ4n) is 3.22. The van der Waals surface area contributed by atoms with Crippen LogP contribution in [0.1, 0.15) is 30.1 Å². The zero-order chi connectivity index (χ0) is 20.8. The molecule has 0 aliphatic carbocycles. The van der Waals surface area contributed by atoms with Crippen LogP contribution in [0.5, 0.6) is 5.75 Å². The molecule has 0 unspecified atom stereocenters. The first-order chi connectivity index (χ1) is 14.0. The van der Waals surface area contributed by atoms with Crippen molar-refractivity contribution in [3.63, 3.8) is 0 Å². The van der Waals surface area contributed by atoms with Gasteiger partial charge in [-0.2, -0.15) is 0 Å². The van der Waals surface area contributed by atoms with Gasteiger partial charge in [-0.1, -0.05) is 0 Å². The van der Waals surface area contributed by atoms with Gasteiger partial charge in [0.1, 0.15) is 11.4 Å². The van der Waals surface area contributed by atoms with Crippen LogP contribution in [0.25, 0.3) is 0 Å². The van der Waals surface area contributed by atoms with E-state index in [0.29, 0.717) is 31.0 Å². The van der Waals surface area contributed by atoms with Crippen molar-refractivity contribution >= 4 is 23.2 Å². The van der Waals surface area contributed by atoms with E-state index in [2.05, 4.69) is 10.6 Å². The summed E-state index contributed by atoms with van der Waals surface area (Å²) in [7, 11) is 0. The van der Waals surface area contributed by atoms with Crippen LogP contribution >= 0.6 is 0 Å². The van der Waals surface area contributed by atoms with Gasteiger partial charge in [-0.25, -0.2) is 8.78 Å². The Labute approximate surface area is 167 Å². The predicted octanol–water partition coefficient (Wildman–Crippen LogP) is 3.33. The van der Waals surface area contributed by atoms with E-state index in [-0.39, 0.29) is 17.9 Å². The first-order valence-electron chi connectivity index (χ1n) is 9.53. The summed E-state index contributed by atoms with van der Waals surface area (Å²) in [6.07, 6.45) is 1.79. The lowest BCUT2D eigenvalue weighted by Crippen LogP contribution is -2.33. The summed E-state index contributed by atoms with van der Waals surface area (Å²) in [5, 5.41) is 4.87. The number of hydrogen-bond donors (Lipinski definition) is 2. The van der Waals surface area contributed by atoms with E-state index in [1.54, 1.807) is 29.2 Å². The van der Waals surface area contributed by atoms with E-state index < -0.39 is 23.4 Å². The maximum Gasteiger partial charge on any atom is 0.251 e. The number of amides is 2. The van der Waals surface area contributed by atoms with E-state index in [1.165, 1.54) is 0 Å². The second kappa shape index (κ2) is 9.36. The molecule has 6 nitrogen and oxygen atoms in total. The first-order valence-corrected chi connectivity index (χ1v) is 9.53. The Kier molecular flexibility index (Phi) is 6.64. The highest BCUT2D eigenvalue weighted by Gasteiger charge is 2.21. The minimum Gasteiger partial charge on any atom is -0.494 e. The average molecular weight is 403 g/mol. The summed E-state index contributed by atoms with van der Waals surface area (Å²) in [5.74, 6) is -1.83. The molecule has 154 valence electrons. The Bertz CT molecular complexity index is 858. The van der Waals surface area contributed by atoms with Gasteiger partial charge in [-0.15, -0.1) is 0 Å². The van der Waals surface area contributed by atoms with Crippen LogP contribution < -0.4 is 20.3 Å². The van der Waals surface area contributed by atoms with Gasteiger partial charge in [-0.3, -0.25) is 9.59 Å². The highest BCUT2D eigenvalue weighted by Crippen LogP contribution is 2.29. The number of ether oxygens (including phenoxy) is 1. The van der Waals surface area contributed by atoms with Crippen LogP contribution in [-0.4, -0.2) is 38.1 Å². The molecule has 1 heterocycles. The Morgan fingerprint density at radius 1 is 1.07 bits per heavy atom. The highest BCUT2D eigenvalue weighted by molar-refractivity contribution is 5.99. The molecule has 8 heteroatoms. The largest absolute Gasteiger partial charge is 0.494 e. The van der Waals surface area contributed by atoms with Crippen LogP contribution in [0, 0.1) is 11.6 Å². The number of nitrogens with one attached hydrogen (secondary N) is 2. The molecule has 0 radical (unpaired) electrons. The molecule has 29 heavy (non-hydrogen) atoms. The van der Waals surface area contributed by atoms with Gasteiger partial charge < -0.3 is 20.3 Å². The molecular weight excluding hydrogens is 380 g/mol. The number of nitrogens with zero attached hydrogens (tertiary/aromatic N) is 1. The number of anilines is 2. The lowest BCUT2D eigenvalue weighted by molar-refractivity contribution is -0.115. The third kappa shape index (κ3) is 5.22. The summed E-state index contributed by atoms with van der Waals surface area (Å²) in [6.45, 7) is 3.26. The number of carbonyl (C=O) groups is 2. The zero-order valence-corrected chi connectivity index (χ0v) is 16.1. The van der Waals surface area contributed by atoms with E-state index in [9.17, 15) is 18.4 Å². The first kappa shape index (κ1) is 20.6. The number of benzene rings is 2. The number of hydrogen-bond acceptors (Lipinski definition) is 4. The second-order valence-corrected chi connectivity index (χ2v) is 6.67. The summed E-state index contributed by atoms with van der Waals surface area (Å²) in [4.78, 5) is 25.8. The molecule has 0 saturated carbocycles. The summed E-state index contributed by atoms with van der Waals surface area (Å²) >= 11 is 0. The van der Waals surface area contributed by atoms with Gasteiger partial charge >= 0.3 is 0 Å². The zero-order valence-electron chi connectivity index (χ0n) is 16.1. The van der Waals surface area contributed by atoms with Crippen molar-refractivity contribution < 1.29 is 23.1 Å². The van der Waals surface area contributed by atoms with Crippen LogP contribution in [-0.2, 0) is 4.79 Å². The fraction of sp³-hybridized carbons (Fsp3) is 0.333. The Hall–Kier alpha value is -3.16. The van der Waals surface area contributed by atoms with E-state index >= 15 is 0 Å². The van der Waals surface area contributed by atoms with Gasteiger partial charge in [0, 0.05) is 24.3 Å². The monoisotopic (exact) mass is 403 g/mol. The standard InChI is InChI=1S/C21H23F2N3O3/c1-2-29-16-7-5-14(6-8-16)21(28)24-13-19(27)25-15-11-17(22)20(18(23)12-15)26-9-3-4-10-26/h5-8,11-12H,2-4,9-10,13H2,1H3,(H,24,28)(H,25,27). The van der Waals surface area contributed by atoms with Crippen LogP contribution in [0.4, 0.5) is 20.2 Å². The number of rotatable bonds is 7. The number of carbonyl (C=O) groups excluding carboxylic acids is 2. The lowest BCUT2D eigenvalue weighted by Gasteiger charge is -2.19. The molecule has 2 amide bonds. The Balaban J connectivity index is 1.55. The maximum atomic E-state index is 14.3. The molecule has 2 N–H and O–H groups in total. The lowest BCUT2D eigenvalue weighted by atomic mass is 10.2. The van der Waals surface area contributed by atoms with Crippen molar-refractivity contribution in [2.24, 2.45) is 0 Å². The second-order valence-electron chi connectivity index (χ2n) is 6.67. The van der Waals surface area contributed by atoms with E-state index in [4.69, 9.17) is 4.74 Å². The third-order valence-electron chi connectivity index (χ3n) is 4.56. The quantitative estimate of drug-likeness (QED) is 0.744. The van der Waals surface area contributed by atoms with Crippen molar-refractivity contribution in [3.8, 4) is 5.75 Å². The molecule has 0 spiro atoms. The minimum absolute atomic E-state index is 0.00302. The van der Waals surface area contributed by atoms with Gasteiger partial charge in [0.05, 0.1) is 13.2 Å². The molecule has 0 aromatic heterocycles. The molecule has 3 rings (SSSR count). The predicted molar refractivity (Wildman–Crippen MR) is 106 cm³/mol. The maximum absolute atomic E-state index is 14.3. The van der Waals surface area contributed by atoms with E-state index in [0.717, 1.165) is 25.0 Å². The molecule has 1 aliphatic heterocycles. The van der Waals surface area contributed by atoms with Crippen molar-refractivity contribution in [1.29, 1.82) is 0 Å². The van der Waals surface area contributed by atoms with Gasteiger partial charge in [0.25, 0.3) is 5.91 Å². The Morgan fingerprint density at radius 3 is 2.28 bits per heavy atom.